The molecule has 5 nitrogen and oxygen atoms in total. The number of pyridine rings is 1. The van der Waals surface area contributed by atoms with E-state index in [4.69, 9.17) is 0 Å². The number of aromatic nitrogens is 1. The van der Waals surface area contributed by atoms with Crippen LogP contribution in [0.15, 0.2) is 24.5 Å². The van der Waals surface area contributed by atoms with Gasteiger partial charge in [-0.15, -0.1) is 24.8 Å². The maximum absolute atomic E-state index is 11.7. The first-order chi connectivity index (χ1) is 9.20. The van der Waals surface area contributed by atoms with Crippen LogP contribution in [0.3, 0.4) is 0 Å². The van der Waals surface area contributed by atoms with Crippen LogP contribution in [0.1, 0.15) is 23.2 Å². The Balaban J connectivity index is 0. The van der Waals surface area contributed by atoms with E-state index >= 15 is 0 Å². The van der Waals surface area contributed by atoms with Gasteiger partial charge in [0.1, 0.15) is 0 Å². The second-order valence-electron chi connectivity index (χ2n) is 4.76. The Hall–Kier alpha value is -0.880. The van der Waals surface area contributed by atoms with Crippen LogP contribution in [-0.2, 0) is 0 Å². The fourth-order valence-corrected chi connectivity index (χ4v) is 1.66. The summed E-state index contributed by atoms with van der Waals surface area (Å²) in [4.78, 5) is 17.8. The van der Waals surface area contributed by atoms with Gasteiger partial charge in [-0.05, 0) is 58.7 Å². The minimum Gasteiger partial charge on any atom is -0.352 e. The lowest BCUT2D eigenvalue weighted by Crippen LogP contribution is -2.28. The van der Waals surface area contributed by atoms with Crippen molar-refractivity contribution in [2.24, 2.45) is 0 Å². The summed E-state index contributed by atoms with van der Waals surface area (Å²) >= 11 is 0. The fraction of sp³-hybridized carbons (Fsp3) is 0.571. The third-order valence-electron chi connectivity index (χ3n) is 2.70. The van der Waals surface area contributed by atoms with E-state index in [1.165, 1.54) is 0 Å². The number of carbonyl (C=O) groups excluding carboxylic acids is 1. The maximum atomic E-state index is 11.7. The number of amides is 1. The fourth-order valence-electron chi connectivity index (χ4n) is 1.66. The predicted molar refractivity (Wildman–Crippen MR) is 91.7 cm³/mol. The Morgan fingerprint density at radius 3 is 2.52 bits per heavy atom. The number of hydrogen-bond acceptors (Lipinski definition) is 4. The van der Waals surface area contributed by atoms with Gasteiger partial charge in [-0.25, -0.2) is 0 Å². The molecule has 0 aliphatic heterocycles. The summed E-state index contributed by atoms with van der Waals surface area (Å²) < 4.78 is 0. The normalized spacial score (nSPS) is 9.67. The molecule has 0 unspecified atom stereocenters. The van der Waals surface area contributed by atoms with Crippen molar-refractivity contribution in [1.29, 1.82) is 0 Å². The first-order valence-corrected chi connectivity index (χ1v) is 6.74. The molecule has 1 aromatic heterocycles. The molecule has 1 rings (SSSR count). The largest absolute Gasteiger partial charge is 0.352 e. The van der Waals surface area contributed by atoms with Crippen molar-refractivity contribution in [3.63, 3.8) is 0 Å². The molecule has 0 radical (unpaired) electrons. The zero-order chi connectivity index (χ0) is 13.9. The summed E-state index contributed by atoms with van der Waals surface area (Å²) in [5.41, 5.74) is 0.612. The third-order valence-corrected chi connectivity index (χ3v) is 2.70. The van der Waals surface area contributed by atoms with Crippen LogP contribution in [0.4, 0.5) is 0 Å². The lowest BCUT2D eigenvalue weighted by Gasteiger charge is -2.10. The van der Waals surface area contributed by atoms with Gasteiger partial charge in [0.05, 0.1) is 5.56 Å². The zero-order valence-electron chi connectivity index (χ0n) is 12.7. The van der Waals surface area contributed by atoms with Crippen molar-refractivity contribution in [2.45, 2.75) is 12.8 Å². The van der Waals surface area contributed by atoms with Crippen LogP contribution in [0.5, 0.6) is 0 Å². The van der Waals surface area contributed by atoms with Crippen LogP contribution < -0.4 is 10.6 Å². The Bertz CT molecular complexity index is 363. The summed E-state index contributed by atoms with van der Waals surface area (Å²) in [5.74, 6) is -0.0549. The predicted octanol–water partition coefficient (Wildman–Crippen LogP) is 1.59. The first kappa shape index (κ1) is 22.4. The topological polar surface area (TPSA) is 57.3 Å². The molecule has 0 saturated heterocycles. The lowest BCUT2D eigenvalue weighted by molar-refractivity contribution is 0.0953. The molecule has 0 spiro atoms. The lowest BCUT2D eigenvalue weighted by atomic mass is 10.2. The molecule has 122 valence electrons. The molecule has 2 N–H and O–H groups in total. The van der Waals surface area contributed by atoms with Crippen molar-refractivity contribution in [2.75, 3.05) is 40.3 Å². The molecule has 1 heterocycles. The number of carbonyl (C=O) groups is 1. The molecule has 21 heavy (non-hydrogen) atoms. The van der Waals surface area contributed by atoms with Crippen LogP contribution in [0.2, 0.25) is 0 Å². The molecular weight excluding hydrogens is 311 g/mol. The van der Waals surface area contributed by atoms with Gasteiger partial charge >= 0.3 is 0 Å². The Morgan fingerprint density at radius 1 is 1.19 bits per heavy atom. The average Bonchev–Trinajstić information content (AvgIpc) is 2.42. The van der Waals surface area contributed by atoms with E-state index in [0.29, 0.717) is 12.1 Å². The van der Waals surface area contributed by atoms with Crippen LogP contribution in [-0.4, -0.2) is 56.1 Å². The number of halogens is 2. The molecule has 0 aliphatic carbocycles. The van der Waals surface area contributed by atoms with Gasteiger partial charge in [0, 0.05) is 18.9 Å². The van der Waals surface area contributed by atoms with Gasteiger partial charge in [0.2, 0.25) is 0 Å². The minimum absolute atomic E-state index is 0. The second kappa shape index (κ2) is 14.1. The highest BCUT2D eigenvalue weighted by Crippen LogP contribution is 1.94. The first-order valence-electron chi connectivity index (χ1n) is 6.74. The number of nitrogens with zero attached hydrogens (tertiary/aromatic N) is 2. The van der Waals surface area contributed by atoms with E-state index in [2.05, 4.69) is 34.6 Å². The second-order valence-corrected chi connectivity index (χ2v) is 4.76. The highest BCUT2D eigenvalue weighted by atomic mass is 35.5. The molecule has 0 saturated carbocycles. The monoisotopic (exact) mass is 336 g/mol. The van der Waals surface area contributed by atoms with Crippen molar-refractivity contribution >= 4 is 30.7 Å². The summed E-state index contributed by atoms with van der Waals surface area (Å²) in [5, 5.41) is 6.24. The summed E-state index contributed by atoms with van der Waals surface area (Å²) in [6, 6.07) is 3.53. The molecule has 1 aromatic rings. The average molecular weight is 337 g/mol. The molecule has 1 amide bonds. The van der Waals surface area contributed by atoms with E-state index < -0.39 is 0 Å². The van der Waals surface area contributed by atoms with E-state index in [0.717, 1.165) is 32.5 Å². The number of rotatable bonds is 9. The van der Waals surface area contributed by atoms with Crippen LogP contribution >= 0.6 is 24.8 Å². The van der Waals surface area contributed by atoms with Crippen molar-refractivity contribution < 1.29 is 4.79 Å². The molecule has 0 aromatic carbocycles. The zero-order valence-corrected chi connectivity index (χ0v) is 14.3. The van der Waals surface area contributed by atoms with E-state index in [1.807, 2.05) is 0 Å². The van der Waals surface area contributed by atoms with Gasteiger partial charge in [-0.3, -0.25) is 9.78 Å². The summed E-state index contributed by atoms with van der Waals surface area (Å²) in [6.45, 7) is 3.74. The molecule has 0 fully saturated rings. The molecule has 0 atom stereocenters. The Kier molecular flexibility index (Phi) is 15.0. The van der Waals surface area contributed by atoms with Crippen molar-refractivity contribution in [1.82, 2.24) is 20.5 Å². The van der Waals surface area contributed by atoms with Gasteiger partial charge in [-0.2, -0.15) is 0 Å². The van der Waals surface area contributed by atoms with Crippen LogP contribution in [0, 0.1) is 0 Å². The van der Waals surface area contributed by atoms with Crippen molar-refractivity contribution in [3.8, 4) is 0 Å². The van der Waals surface area contributed by atoms with Gasteiger partial charge in [0.15, 0.2) is 0 Å². The van der Waals surface area contributed by atoms with Crippen LogP contribution in [0.25, 0.3) is 0 Å². The molecule has 0 bridgehead atoms. The minimum atomic E-state index is -0.0549. The third kappa shape index (κ3) is 11.5. The van der Waals surface area contributed by atoms with Gasteiger partial charge in [-0.1, -0.05) is 0 Å². The van der Waals surface area contributed by atoms with E-state index in [1.54, 1.807) is 24.5 Å². The quantitative estimate of drug-likeness (QED) is 0.672. The summed E-state index contributed by atoms with van der Waals surface area (Å²) in [6.07, 6.45) is 5.33. The number of hydrogen-bond donors (Lipinski definition) is 2. The highest BCUT2D eigenvalue weighted by Gasteiger charge is 2.02. The Morgan fingerprint density at radius 2 is 1.90 bits per heavy atom. The highest BCUT2D eigenvalue weighted by molar-refractivity contribution is 5.93. The Labute approximate surface area is 139 Å². The number of nitrogens with one attached hydrogen (secondary N) is 2. The molecule has 7 heteroatoms. The van der Waals surface area contributed by atoms with Crippen molar-refractivity contribution in [3.05, 3.63) is 30.1 Å². The van der Waals surface area contributed by atoms with Gasteiger partial charge < -0.3 is 15.5 Å². The molecule has 0 aliphatic rings. The smallest absolute Gasteiger partial charge is 0.252 e. The molecular formula is C14H26Cl2N4O. The summed E-state index contributed by atoms with van der Waals surface area (Å²) in [7, 11) is 4.15. The van der Waals surface area contributed by atoms with E-state index in [9.17, 15) is 4.79 Å². The standard InChI is InChI=1S/C14H24N4O.2ClH/c1-18(2)11-5-9-15-8-4-10-17-14(19)13-6-3-7-16-12-13;;/h3,6-7,12,15H,4-5,8-11H2,1-2H3,(H,17,19);2*1H. The van der Waals surface area contributed by atoms with Gasteiger partial charge in [0.25, 0.3) is 5.91 Å². The maximum Gasteiger partial charge on any atom is 0.252 e. The SMILES string of the molecule is CN(C)CCCNCCCNC(=O)c1cccnc1.Cl.Cl. The van der Waals surface area contributed by atoms with E-state index in [-0.39, 0.29) is 30.7 Å².